The maximum Gasteiger partial charge on any atom is 0.150 e. The average Bonchev–Trinajstić information content (AvgIpc) is 2.69. The van der Waals surface area contributed by atoms with E-state index in [1.807, 2.05) is 48.3 Å². The van der Waals surface area contributed by atoms with Crippen LogP contribution in [0.1, 0.15) is 10.4 Å². The molecule has 0 atom stereocenters. The number of rotatable bonds is 8. The van der Waals surface area contributed by atoms with E-state index < -0.39 is 0 Å². The van der Waals surface area contributed by atoms with Crippen LogP contribution in [0.4, 0.5) is 17.3 Å². The van der Waals surface area contributed by atoms with Gasteiger partial charge >= 0.3 is 0 Å². The normalized spacial score (nSPS) is 10.2. The Balaban J connectivity index is 1.54. The molecule has 1 N–H and O–H groups in total. The second-order valence-electron chi connectivity index (χ2n) is 5.71. The second kappa shape index (κ2) is 8.62. The lowest BCUT2D eigenvalue weighted by atomic mass is 10.2. The van der Waals surface area contributed by atoms with Gasteiger partial charge in [-0.1, -0.05) is 18.2 Å². The molecule has 6 nitrogen and oxygen atoms in total. The molecule has 0 fully saturated rings. The summed E-state index contributed by atoms with van der Waals surface area (Å²) in [6.45, 7) is 1.17. The lowest BCUT2D eigenvalue weighted by Gasteiger charge is -2.19. The topological polar surface area (TPSA) is 67.3 Å². The van der Waals surface area contributed by atoms with Crippen molar-refractivity contribution in [3.8, 4) is 5.75 Å². The summed E-state index contributed by atoms with van der Waals surface area (Å²) >= 11 is 0. The number of benzene rings is 2. The zero-order valence-corrected chi connectivity index (χ0v) is 14.5. The molecule has 0 bridgehead atoms. The van der Waals surface area contributed by atoms with Gasteiger partial charge in [-0.25, -0.2) is 9.97 Å². The van der Waals surface area contributed by atoms with Crippen molar-refractivity contribution < 1.29 is 9.53 Å². The average molecular weight is 348 g/mol. The highest BCUT2D eigenvalue weighted by Gasteiger charge is 2.05. The van der Waals surface area contributed by atoms with Gasteiger partial charge < -0.3 is 15.0 Å². The number of nitrogens with one attached hydrogen (secondary N) is 1. The van der Waals surface area contributed by atoms with E-state index >= 15 is 0 Å². The Labute approximate surface area is 152 Å². The number of hydrogen-bond acceptors (Lipinski definition) is 6. The number of para-hydroxylation sites is 1. The predicted molar refractivity (Wildman–Crippen MR) is 102 cm³/mol. The van der Waals surface area contributed by atoms with Crippen LogP contribution >= 0.6 is 0 Å². The van der Waals surface area contributed by atoms with Crippen molar-refractivity contribution in [2.75, 3.05) is 30.4 Å². The molecule has 0 aliphatic carbocycles. The molecule has 0 radical (unpaired) electrons. The Morgan fingerprint density at radius 1 is 1.08 bits per heavy atom. The largest absolute Gasteiger partial charge is 0.492 e. The Morgan fingerprint density at radius 3 is 2.58 bits per heavy atom. The molecule has 1 aromatic heterocycles. The SMILES string of the molecule is CN(CCOc1ccc(C=O)cc1)c1cc(Nc2ccccc2)ncn1. The van der Waals surface area contributed by atoms with Crippen molar-refractivity contribution in [3.05, 3.63) is 72.6 Å². The quantitative estimate of drug-likeness (QED) is 0.628. The molecule has 2 aromatic carbocycles. The molecule has 0 spiro atoms. The number of anilines is 3. The summed E-state index contributed by atoms with van der Waals surface area (Å²) in [6.07, 6.45) is 2.35. The minimum absolute atomic E-state index is 0.502. The van der Waals surface area contributed by atoms with Crippen molar-refractivity contribution in [1.82, 2.24) is 9.97 Å². The lowest BCUT2D eigenvalue weighted by Crippen LogP contribution is -2.24. The van der Waals surface area contributed by atoms with Crippen LogP contribution in [-0.2, 0) is 0 Å². The molecule has 1 heterocycles. The molecule has 3 aromatic rings. The maximum atomic E-state index is 10.7. The second-order valence-corrected chi connectivity index (χ2v) is 5.71. The van der Waals surface area contributed by atoms with E-state index in [9.17, 15) is 4.79 Å². The van der Waals surface area contributed by atoms with Crippen molar-refractivity contribution >= 4 is 23.6 Å². The first-order chi connectivity index (χ1) is 12.7. The summed E-state index contributed by atoms with van der Waals surface area (Å²) in [5.41, 5.74) is 1.61. The summed E-state index contributed by atoms with van der Waals surface area (Å²) in [5, 5.41) is 3.25. The van der Waals surface area contributed by atoms with E-state index in [4.69, 9.17) is 4.74 Å². The first-order valence-corrected chi connectivity index (χ1v) is 8.28. The van der Waals surface area contributed by atoms with Crippen LogP contribution in [0, 0.1) is 0 Å². The Morgan fingerprint density at radius 2 is 1.85 bits per heavy atom. The Kier molecular flexibility index (Phi) is 5.77. The summed E-state index contributed by atoms with van der Waals surface area (Å²) < 4.78 is 5.71. The van der Waals surface area contributed by atoms with Gasteiger partial charge in [0.1, 0.15) is 36.6 Å². The van der Waals surface area contributed by atoms with E-state index in [2.05, 4.69) is 15.3 Å². The van der Waals surface area contributed by atoms with Crippen molar-refractivity contribution in [2.24, 2.45) is 0 Å². The van der Waals surface area contributed by atoms with Gasteiger partial charge in [0, 0.05) is 24.4 Å². The molecule has 0 aliphatic rings. The highest BCUT2D eigenvalue weighted by Crippen LogP contribution is 2.17. The first kappa shape index (κ1) is 17.4. The van der Waals surface area contributed by atoms with Crippen LogP contribution in [-0.4, -0.2) is 36.5 Å². The third-order valence-corrected chi connectivity index (χ3v) is 3.80. The fourth-order valence-corrected chi connectivity index (χ4v) is 2.35. The monoisotopic (exact) mass is 348 g/mol. The molecule has 132 valence electrons. The van der Waals surface area contributed by atoms with E-state index in [0.29, 0.717) is 18.7 Å². The van der Waals surface area contributed by atoms with Gasteiger partial charge in [-0.05, 0) is 36.4 Å². The molecular weight excluding hydrogens is 328 g/mol. The predicted octanol–water partition coefficient (Wildman–Crippen LogP) is 3.55. The van der Waals surface area contributed by atoms with Gasteiger partial charge in [0.25, 0.3) is 0 Å². The van der Waals surface area contributed by atoms with Crippen LogP contribution in [0.2, 0.25) is 0 Å². The maximum absolute atomic E-state index is 10.7. The van der Waals surface area contributed by atoms with Gasteiger partial charge in [0.05, 0.1) is 6.54 Å². The minimum Gasteiger partial charge on any atom is -0.492 e. The summed E-state index contributed by atoms with van der Waals surface area (Å²) in [4.78, 5) is 21.2. The molecule has 0 saturated heterocycles. The first-order valence-electron chi connectivity index (χ1n) is 8.28. The molecule has 0 unspecified atom stereocenters. The van der Waals surface area contributed by atoms with Crippen LogP contribution in [0.3, 0.4) is 0 Å². The number of carbonyl (C=O) groups excluding carboxylic acids is 1. The van der Waals surface area contributed by atoms with Gasteiger partial charge in [-0.2, -0.15) is 0 Å². The van der Waals surface area contributed by atoms with Gasteiger partial charge in [-0.3, -0.25) is 4.79 Å². The smallest absolute Gasteiger partial charge is 0.150 e. The van der Waals surface area contributed by atoms with Crippen molar-refractivity contribution in [2.45, 2.75) is 0 Å². The molecule has 0 amide bonds. The molecule has 0 saturated carbocycles. The highest BCUT2D eigenvalue weighted by atomic mass is 16.5. The summed E-state index contributed by atoms with van der Waals surface area (Å²) in [6, 6.07) is 18.8. The standard InChI is InChI=1S/C20H20N4O2/c1-24(11-12-26-18-9-7-16(14-25)8-10-18)20-13-19(21-15-22-20)23-17-5-3-2-4-6-17/h2-10,13-15H,11-12H2,1H3,(H,21,22,23). The lowest BCUT2D eigenvalue weighted by molar-refractivity contribution is 0.112. The zero-order chi connectivity index (χ0) is 18.2. The van der Waals surface area contributed by atoms with Crippen molar-refractivity contribution in [3.63, 3.8) is 0 Å². The third kappa shape index (κ3) is 4.80. The number of likely N-dealkylation sites (N-methyl/N-ethyl adjacent to an activating group) is 1. The van der Waals surface area contributed by atoms with Gasteiger partial charge in [0.15, 0.2) is 0 Å². The Bertz CT molecular complexity index is 838. The highest BCUT2D eigenvalue weighted by molar-refractivity contribution is 5.74. The molecule has 3 rings (SSSR count). The molecule has 6 heteroatoms. The minimum atomic E-state index is 0.502. The molecule has 0 aliphatic heterocycles. The number of aromatic nitrogens is 2. The number of carbonyl (C=O) groups is 1. The number of nitrogens with zero attached hydrogens (tertiary/aromatic N) is 3. The molecular formula is C20H20N4O2. The van der Waals surface area contributed by atoms with Crippen LogP contribution in [0.15, 0.2) is 67.0 Å². The zero-order valence-electron chi connectivity index (χ0n) is 14.5. The van der Waals surface area contributed by atoms with E-state index in [-0.39, 0.29) is 0 Å². The van der Waals surface area contributed by atoms with Crippen molar-refractivity contribution in [1.29, 1.82) is 0 Å². The molecule has 26 heavy (non-hydrogen) atoms. The van der Waals surface area contributed by atoms with E-state index in [1.54, 1.807) is 24.3 Å². The number of aldehydes is 1. The van der Waals surface area contributed by atoms with E-state index in [1.165, 1.54) is 6.33 Å². The van der Waals surface area contributed by atoms with Crippen LogP contribution in [0.25, 0.3) is 0 Å². The van der Waals surface area contributed by atoms with Gasteiger partial charge in [-0.15, -0.1) is 0 Å². The van der Waals surface area contributed by atoms with Gasteiger partial charge in [0.2, 0.25) is 0 Å². The third-order valence-electron chi connectivity index (χ3n) is 3.80. The van der Waals surface area contributed by atoms with Crippen LogP contribution < -0.4 is 15.0 Å². The van der Waals surface area contributed by atoms with Crippen LogP contribution in [0.5, 0.6) is 5.75 Å². The van der Waals surface area contributed by atoms with E-state index in [0.717, 1.165) is 29.4 Å². The fourth-order valence-electron chi connectivity index (χ4n) is 2.35. The summed E-state index contributed by atoms with van der Waals surface area (Å²) in [5.74, 6) is 2.27. The Hall–Kier alpha value is -3.41. The fraction of sp³-hybridized carbons (Fsp3) is 0.150. The number of ether oxygens (including phenoxy) is 1. The summed E-state index contributed by atoms with van der Waals surface area (Å²) in [7, 11) is 1.95. The number of hydrogen-bond donors (Lipinski definition) is 1.